The summed E-state index contributed by atoms with van der Waals surface area (Å²) in [7, 11) is 0. The van der Waals surface area contributed by atoms with Crippen LogP contribution in [0.25, 0.3) is 0 Å². The molecule has 1 N–H and O–H groups in total. The molecule has 1 fully saturated rings. The van der Waals surface area contributed by atoms with Crippen molar-refractivity contribution in [2.45, 2.75) is 98.2 Å². The molecule has 2 rings (SSSR count). The van der Waals surface area contributed by atoms with Crippen LogP contribution in [0.4, 0.5) is 13.2 Å². The van der Waals surface area contributed by atoms with Gasteiger partial charge in [-0.1, -0.05) is 53.7 Å². The maximum Gasteiger partial charge on any atom is 0.416 e. The Balaban J connectivity index is 2.35. The van der Waals surface area contributed by atoms with E-state index in [0.717, 1.165) is 44.3 Å². The summed E-state index contributed by atoms with van der Waals surface area (Å²) in [6, 6.07) is 5.76. The van der Waals surface area contributed by atoms with Crippen molar-refractivity contribution in [3.63, 3.8) is 0 Å². The highest BCUT2D eigenvalue weighted by atomic mass is 19.4. The van der Waals surface area contributed by atoms with Crippen molar-refractivity contribution >= 4 is 5.97 Å². The first-order valence-electron chi connectivity index (χ1n) is 12.2. The number of carboxylic acid groups (broad SMARTS) is 1. The molecule has 1 aromatic rings. The molecule has 0 saturated heterocycles. The smallest absolute Gasteiger partial charge is 0.416 e. The molecule has 0 bridgehead atoms. The minimum atomic E-state index is -4.36. The number of rotatable bonds is 8. The molecule has 0 aromatic heterocycles. The summed E-state index contributed by atoms with van der Waals surface area (Å²) in [6.07, 6.45) is 0.241. The molecule has 6 heteroatoms. The van der Waals surface area contributed by atoms with Crippen molar-refractivity contribution in [3.05, 3.63) is 35.4 Å². The molecule has 33 heavy (non-hydrogen) atoms. The van der Waals surface area contributed by atoms with Crippen LogP contribution in [0.1, 0.15) is 97.1 Å². The zero-order chi connectivity index (χ0) is 25.0. The second kappa shape index (κ2) is 10.8. The molecule has 0 heterocycles. The number of aliphatic carboxylic acids is 1. The molecule has 1 saturated carbocycles. The molecule has 0 aliphatic heterocycles. The molecule has 3 unspecified atom stereocenters. The number of hydrogen-bond acceptors (Lipinski definition) is 2. The van der Waals surface area contributed by atoms with Gasteiger partial charge in [-0.2, -0.15) is 13.2 Å². The van der Waals surface area contributed by atoms with Crippen LogP contribution in [0.5, 0.6) is 0 Å². The zero-order valence-corrected chi connectivity index (χ0v) is 21.1. The topological polar surface area (TPSA) is 40.5 Å². The number of carbonyl (C=O) groups is 1. The van der Waals surface area contributed by atoms with Gasteiger partial charge < -0.3 is 5.11 Å². The lowest BCUT2D eigenvalue weighted by molar-refractivity contribution is -0.139. The van der Waals surface area contributed by atoms with Crippen LogP contribution >= 0.6 is 0 Å². The van der Waals surface area contributed by atoms with Crippen LogP contribution in [0.15, 0.2) is 24.3 Å². The van der Waals surface area contributed by atoms with Crippen LogP contribution in [0.3, 0.4) is 0 Å². The zero-order valence-electron chi connectivity index (χ0n) is 21.1. The van der Waals surface area contributed by atoms with Crippen molar-refractivity contribution in [1.29, 1.82) is 0 Å². The van der Waals surface area contributed by atoms with Gasteiger partial charge in [0.25, 0.3) is 0 Å². The number of alkyl halides is 3. The Labute approximate surface area is 197 Å². The Hall–Kier alpha value is -1.56. The molecule has 0 radical (unpaired) electrons. The maximum atomic E-state index is 13.1. The number of nitrogens with zero attached hydrogens (tertiary/aromatic N) is 1. The van der Waals surface area contributed by atoms with E-state index in [1.165, 1.54) is 12.1 Å². The van der Waals surface area contributed by atoms with Gasteiger partial charge in [-0.15, -0.1) is 0 Å². The molecular formula is C27H42F3NO2. The number of halogens is 3. The Morgan fingerprint density at radius 3 is 1.88 bits per heavy atom. The van der Waals surface area contributed by atoms with Gasteiger partial charge in [0.05, 0.1) is 5.56 Å². The minimum Gasteiger partial charge on any atom is -0.481 e. The van der Waals surface area contributed by atoms with Crippen molar-refractivity contribution in [2.24, 2.45) is 16.7 Å². The monoisotopic (exact) mass is 469 g/mol. The van der Waals surface area contributed by atoms with Gasteiger partial charge in [-0.05, 0) is 85.6 Å². The van der Waals surface area contributed by atoms with Gasteiger partial charge in [0.1, 0.15) is 0 Å². The third-order valence-electron chi connectivity index (χ3n) is 6.82. The summed E-state index contributed by atoms with van der Waals surface area (Å²) in [5.74, 6) is -0.717. The fraction of sp³-hybridized carbons (Fsp3) is 0.741. The third-order valence-corrected chi connectivity index (χ3v) is 6.82. The Kier molecular flexibility index (Phi) is 9.05. The fourth-order valence-electron chi connectivity index (χ4n) is 4.79. The highest BCUT2D eigenvalue weighted by Gasteiger charge is 2.37. The molecule has 1 aliphatic rings. The van der Waals surface area contributed by atoms with E-state index >= 15 is 0 Å². The lowest BCUT2D eigenvalue weighted by Gasteiger charge is -2.44. The molecule has 0 amide bonds. The molecule has 0 spiro atoms. The lowest BCUT2D eigenvalue weighted by atomic mass is 9.72. The third kappa shape index (κ3) is 9.30. The quantitative estimate of drug-likeness (QED) is 0.426. The Morgan fingerprint density at radius 2 is 1.45 bits per heavy atom. The van der Waals surface area contributed by atoms with Crippen LogP contribution < -0.4 is 0 Å². The maximum absolute atomic E-state index is 13.1. The summed E-state index contributed by atoms with van der Waals surface area (Å²) < 4.78 is 39.4. The van der Waals surface area contributed by atoms with Crippen LogP contribution in [0, 0.1) is 16.7 Å². The van der Waals surface area contributed by atoms with E-state index in [-0.39, 0.29) is 35.1 Å². The van der Waals surface area contributed by atoms with E-state index in [4.69, 9.17) is 0 Å². The summed E-state index contributed by atoms with van der Waals surface area (Å²) >= 11 is 0. The Bertz CT molecular complexity index is 742. The van der Waals surface area contributed by atoms with Crippen molar-refractivity contribution in [2.75, 3.05) is 13.1 Å². The number of hydrogen-bond donors (Lipinski definition) is 1. The average molecular weight is 470 g/mol. The van der Waals surface area contributed by atoms with Gasteiger partial charge >= 0.3 is 12.1 Å². The number of benzene rings is 1. The summed E-state index contributed by atoms with van der Waals surface area (Å²) in [5, 5.41) is 9.34. The summed E-state index contributed by atoms with van der Waals surface area (Å²) in [4.78, 5) is 13.9. The standard InChI is InChI=1S/C27H42F3NO2/c1-25(2,3)13-15-31(16-14-26(4,5)6)23-12-7-19(18-24(32)33)17-22(23)20-8-10-21(11-9-20)27(28,29)30/h8-11,19,22-23H,7,12-18H2,1-6H3,(H,32,33). The van der Waals surface area contributed by atoms with Crippen LogP contribution in [-0.2, 0) is 11.0 Å². The molecule has 3 atom stereocenters. The first-order chi connectivity index (χ1) is 15.0. The van der Waals surface area contributed by atoms with E-state index in [1.807, 2.05) is 0 Å². The highest BCUT2D eigenvalue weighted by molar-refractivity contribution is 5.67. The predicted octanol–water partition coefficient (Wildman–Crippen LogP) is 7.61. The van der Waals surface area contributed by atoms with E-state index in [2.05, 4.69) is 46.4 Å². The molecule has 1 aliphatic carbocycles. The number of carboxylic acids is 1. The van der Waals surface area contributed by atoms with Gasteiger partial charge in [0.2, 0.25) is 0 Å². The van der Waals surface area contributed by atoms with Crippen molar-refractivity contribution in [3.8, 4) is 0 Å². The summed E-state index contributed by atoms with van der Waals surface area (Å²) in [6.45, 7) is 15.2. The highest BCUT2D eigenvalue weighted by Crippen LogP contribution is 2.42. The predicted molar refractivity (Wildman–Crippen MR) is 127 cm³/mol. The SMILES string of the molecule is CC(C)(C)CCN(CCC(C)(C)C)C1CCC(CC(=O)O)CC1c1ccc(C(F)(F)F)cc1. The molecular weight excluding hydrogens is 427 g/mol. The summed E-state index contributed by atoms with van der Waals surface area (Å²) in [5.41, 5.74) is 0.618. The largest absolute Gasteiger partial charge is 0.481 e. The normalized spacial score (nSPS) is 22.5. The molecule has 1 aromatic carbocycles. The first kappa shape index (κ1) is 27.7. The molecule has 188 valence electrons. The van der Waals surface area contributed by atoms with E-state index in [1.54, 1.807) is 12.1 Å². The lowest BCUT2D eigenvalue weighted by Crippen LogP contribution is -2.45. The fourth-order valence-corrected chi connectivity index (χ4v) is 4.79. The second-order valence-corrected chi connectivity index (χ2v) is 12.2. The van der Waals surface area contributed by atoms with E-state index in [9.17, 15) is 23.1 Å². The average Bonchev–Trinajstić information content (AvgIpc) is 2.66. The first-order valence-corrected chi connectivity index (χ1v) is 12.2. The van der Waals surface area contributed by atoms with Crippen molar-refractivity contribution in [1.82, 2.24) is 4.90 Å². The van der Waals surface area contributed by atoms with Crippen molar-refractivity contribution < 1.29 is 23.1 Å². The van der Waals surface area contributed by atoms with Crippen LogP contribution in [-0.4, -0.2) is 35.1 Å². The van der Waals surface area contributed by atoms with E-state index in [0.29, 0.717) is 6.42 Å². The van der Waals surface area contributed by atoms with Gasteiger partial charge in [0, 0.05) is 12.5 Å². The van der Waals surface area contributed by atoms with Gasteiger partial charge in [-0.25, -0.2) is 0 Å². The second-order valence-electron chi connectivity index (χ2n) is 12.2. The molecule has 3 nitrogen and oxygen atoms in total. The van der Waals surface area contributed by atoms with Gasteiger partial charge in [-0.3, -0.25) is 9.69 Å². The van der Waals surface area contributed by atoms with E-state index < -0.39 is 17.7 Å². The Morgan fingerprint density at radius 1 is 0.939 bits per heavy atom. The van der Waals surface area contributed by atoms with Crippen LogP contribution in [0.2, 0.25) is 0 Å². The minimum absolute atomic E-state index is 0.0327. The van der Waals surface area contributed by atoms with Gasteiger partial charge in [0.15, 0.2) is 0 Å².